The van der Waals surface area contributed by atoms with Crippen molar-refractivity contribution < 1.29 is 4.79 Å². The average molecular weight is 259 g/mol. The lowest BCUT2D eigenvalue weighted by Crippen LogP contribution is -2.48. The van der Waals surface area contributed by atoms with Crippen molar-refractivity contribution in [2.75, 3.05) is 18.0 Å². The standard InChI is InChI=1S/C15H21N3O/c1-11(10-17-14(19)15(16)7-8-15)18-9-6-12-4-2-3-5-13(12)18/h2-5,11H,6-10,16H2,1H3,(H,17,19). The minimum absolute atomic E-state index is 0.00633. The minimum Gasteiger partial charge on any atom is -0.366 e. The number of rotatable bonds is 4. The van der Waals surface area contributed by atoms with E-state index in [1.54, 1.807) is 0 Å². The van der Waals surface area contributed by atoms with Crippen LogP contribution in [0.1, 0.15) is 25.3 Å². The number of carbonyl (C=O) groups is 1. The lowest BCUT2D eigenvalue weighted by atomic mass is 10.1. The average Bonchev–Trinajstić information content (AvgIpc) is 3.03. The van der Waals surface area contributed by atoms with Gasteiger partial charge in [0.15, 0.2) is 0 Å². The molecule has 2 aliphatic rings. The van der Waals surface area contributed by atoms with E-state index in [1.807, 2.05) is 0 Å². The highest BCUT2D eigenvalue weighted by Crippen LogP contribution is 2.32. The van der Waals surface area contributed by atoms with Crippen molar-refractivity contribution >= 4 is 11.6 Å². The molecule has 0 saturated heterocycles. The van der Waals surface area contributed by atoms with Gasteiger partial charge in [0, 0.05) is 24.8 Å². The van der Waals surface area contributed by atoms with Crippen LogP contribution in [0.3, 0.4) is 0 Å². The number of nitrogens with two attached hydrogens (primary N) is 1. The topological polar surface area (TPSA) is 58.4 Å². The van der Waals surface area contributed by atoms with Crippen LogP contribution in [0.4, 0.5) is 5.69 Å². The molecule has 1 aliphatic heterocycles. The number of anilines is 1. The zero-order chi connectivity index (χ0) is 13.5. The quantitative estimate of drug-likeness (QED) is 0.849. The van der Waals surface area contributed by atoms with Gasteiger partial charge in [-0.3, -0.25) is 4.79 Å². The third-order valence-corrected chi connectivity index (χ3v) is 4.25. The molecule has 1 amide bonds. The van der Waals surface area contributed by atoms with Gasteiger partial charge >= 0.3 is 0 Å². The van der Waals surface area contributed by atoms with Crippen molar-refractivity contribution in [2.24, 2.45) is 5.73 Å². The molecule has 1 fully saturated rings. The molecule has 0 bridgehead atoms. The van der Waals surface area contributed by atoms with Crippen LogP contribution in [0, 0.1) is 0 Å². The first-order valence-corrected chi connectivity index (χ1v) is 7.02. The molecule has 3 N–H and O–H groups in total. The van der Waals surface area contributed by atoms with Gasteiger partial charge in [-0.2, -0.15) is 0 Å². The lowest BCUT2D eigenvalue weighted by molar-refractivity contribution is -0.123. The van der Waals surface area contributed by atoms with Gasteiger partial charge in [-0.25, -0.2) is 0 Å². The number of carbonyl (C=O) groups excluding carboxylic acids is 1. The Morgan fingerprint density at radius 2 is 2.21 bits per heavy atom. The third-order valence-electron chi connectivity index (χ3n) is 4.25. The number of benzene rings is 1. The molecular weight excluding hydrogens is 238 g/mol. The van der Waals surface area contributed by atoms with Crippen LogP contribution < -0.4 is 16.0 Å². The summed E-state index contributed by atoms with van der Waals surface area (Å²) in [7, 11) is 0. The van der Waals surface area contributed by atoms with Crippen molar-refractivity contribution in [3.63, 3.8) is 0 Å². The van der Waals surface area contributed by atoms with E-state index < -0.39 is 5.54 Å². The Bertz CT molecular complexity index is 496. The van der Waals surface area contributed by atoms with Crippen molar-refractivity contribution in [3.8, 4) is 0 Å². The van der Waals surface area contributed by atoms with Gasteiger partial charge in [-0.15, -0.1) is 0 Å². The van der Waals surface area contributed by atoms with Crippen LogP contribution >= 0.6 is 0 Å². The number of nitrogens with zero attached hydrogens (tertiary/aromatic N) is 1. The van der Waals surface area contributed by atoms with Crippen LogP contribution in [-0.2, 0) is 11.2 Å². The number of hydrogen-bond donors (Lipinski definition) is 2. The lowest BCUT2D eigenvalue weighted by Gasteiger charge is -2.28. The van der Waals surface area contributed by atoms with Gasteiger partial charge in [0.25, 0.3) is 0 Å². The first-order valence-electron chi connectivity index (χ1n) is 7.02. The highest BCUT2D eigenvalue weighted by molar-refractivity contribution is 5.89. The summed E-state index contributed by atoms with van der Waals surface area (Å²) in [6.45, 7) is 3.84. The van der Waals surface area contributed by atoms with Crippen LogP contribution in [-0.4, -0.2) is 30.6 Å². The summed E-state index contributed by atoms with van der Waals surface area (Å²) in [5.41, 5.74) is 8.02. The first-order chi connectivity index (χ1) is 9.10. The first kappa shape index (κ1) is 12.5. The highest BCUT2D eigenvalue weighted by atomic mass is 16.2. The molecule has 1 atom stereocenters. The van der Waals surface area contributed by atoms with Gasteiger partial charge in [-0.1, -0.05) is 18.2 Å². The van der Waals surface area contributed by atoms with E-state index in [0.717, 1.165) is 25.8 Å². The zero-order valence-electron chi connectivity index (χ0n) is 11.4. The van der Waals surface area contributed by atoms with Gasteiger partial charge in [0.05, 0.1) is 5.54 Å². The SMILES string of the molecule is CC(CNC(=O)C1(N)CC1)N1CCc2ccccc21. The normalized spacial score (nSPS) is 20.8. The molecule has 4 nitrogen and oxygen atoms in total. The molecule has 1 saturated carbocycles. The Morgan fingerprint density at radius 3 is 2.95 bits per heavy atom. The molecule has 3 rings (SSSR count). The Labute approximate surface area is 114 Å². The van der Waals surface area contributed by atoms with Crippen molar-refractivity contribution in [1.29, 1.82) is 0 Å². The Balaban J connectivity index is 1.59. The summed E-state index contributed by atoms with van der Waals surface area (Å²) >= 11 is 0. The van der Waals surface area contributed by atoms with Crippen molar-refractivity contribution in [3.05, 3.63) is 29.8 Å². The van der Waals surface area contributed by atoms with Crippen LogP contribution in [0.2, 0.25) is 0 Å². The monoisotopic (exact) mass is 259 g/mol. The molecule has 19 heavy (non-hydrogen) atoms. The van der Waals surface area contributed by atoms with E-state index in [0.29, 0.717) is 12.6 Å². The fourth-order valence-corrected chi connectivity index (χ4v) is 2.71. The molecule has 1 unspecified atom stereocenters. The number of para-hydroxylation sites is 1. The molecule has 102 valence electrons. The van der Waals surface area contributed by atoms with Gasteiger partial charge < -0.3 is 16.0 Å². The summed E-state index contributed by atoms with van der Waals surface area (Å²) in [5.74, 6) is 0.00633. The second-order valence-electron chi connectivity index (χ2n) is 5.79. The zero-order valence-corrected chi connectivity index (χ0v) is 11.4. The maximum Gasteiger partial charge on any atom is 0.240 e. The molecular formula is C15H21N3O. The molecule has 0 aromatic heterocycles. The number of hydrogen-bond acceptors (Lipinski definition) is 3. The summed E-state index contributed by atoms with van der Waals surface area (Å²) in [6.07, 6.45) is 2.73. The van der Waals surface area contributed by atoms with E-state index in [9.17, 15) is 4.79 Å². The van der Waals surface area contributed by atoms with E-state index in [4.69, 9.17) is 5.73 Å². The molecule has 1 aromatic carbocycles. The van der Waals surface area contributed by atoms with Crippen molar-refractivity contribution in [2.45, 2.75) is 37.8 Å². The summed E-state index contributed by atoms with van der Waals surface area (Å²) in [4.78, 5) is 14.2. The maximum atomic E-state index is 11.8. The molecule has 1 aliphatic carbocycles. The number of fused-ring (bicyclic) bond motifs is 1. The summed E-state index contributed by atoms with van der Waals surface area (Å²) in [6, 6.07) is 8.79. The van der Waals surface area contributed by atoms with Gasteiger partial charge in [-0.05, 0) is 37.8 Å². The second-order valence-corrected chi connectivity index (χ2v) is 5.79. The summed E-state index contributed by atoms with van der Waals surface area (Å²) < 4.78 is 0. The number of amides is 1. The van der Waals surface area contributed by atoms with Crippen LogP contribution in [0.5, 0.6) is 0 Å². The van der Waals surface area contributed by atoms with Crippen LogP contribution in [0.25, 0.3) is 0 Å². The van der Waals surface area contributed by atoms with E-state index in [2.05, 4.69) is 41.4 Å². The molecule has 0 spiro atoms. The largest absolute Gasteiger partial charge is 0.366 e. The Hall–Kier alpha value is -1.55. The van der Waals surface area contributed by atoms with Crippen LogP contribution in [0.15, 0.2) is 24.3 Å². The van der Waals surface area contributed by atoms with Gasteiger partial charge in [0.2, 0.25) is 5.91 Å². The predicted octanol–water partition coefficient (Wildman–Crippen LogP) is 1.05. The van der Waals surface area contributed by atoms with E-state index in [-0.39, 0.29) is 5.91 Å². The molecule has 1 heterocycles. The fraction of sp³-hybridized carbons (Fsp3) is 0.533. The minimum atomic E-state index is -0.567. The smallest absolute Gasteiger partial charge is 0.240 e. The third kappa shape index (κ3) is 2.32. The van der Waals surface area contributed by atoms with E-state index in [1.165, 1.54) is 11.3 Å². The fourth-order valence-electron chi connectivity index (χ4n) is 2.71. The van der Waals surface area contributed by atoms with Crippen molar-refractivity contribution in [1.82, 2.24) is 5.32 Å². The predicted molar refractivity (Wildman–Crippen MR) is 76.1 cm³/mol. The highest BCUT2D eigenvalue weighted by Gasteiger charge is 2.45. The Kier molecular flexibility index (Phi) is 2.97. The summed E-state index contributed by atoms with van der Waals surface area (Å²) in [5, 5.41) is 2.99. The Morgan fingerprint density at radius 1 is 1.47 bits per heavy atom. The maximum absolute atomic E-state index is 11.8. The number of nitrogens with one attached hydrogen (secondary N) is 1. The van der Waals surface area contributed by atoms with Gasteiger partial charge in [0.1, 0.15) is 0 Å². The molecule has 0 radical (unpaired) electrons. The molecule has 4 heteroatoms. The second kappa shape index (κ2) is 4.53. The molecule has 1 aromatic rings. The van der Waals surface area contributed by atoms with E-state index >= 15 is 0 Å².